The van der Waals surface area contributed by atoms with Gasteiger partial charge in [-0.3, -0.25) is 14.0 Å². The number of carbonyl (C=O) groups excluding carboxylic acids is 2. The van der Waals surface area contributed by atoms with Gasteiger partial charge in [0.15, 0.2) is 0 Å². The molecule has 4 aromatic rings. The molecule has 0 saturated carbocycles. The lowest BCUT2D eigenvalue weighted by molar-refractivity contribution is -0.137. The molecule has 1 aromatic carbocycles. The lowest BCUT2D eigenvalue weighted by Gasteiger charge is -2.13. The van der Waals surface area contributed by atoms with E-state index in [0.29, 0.717) is 28.3 Å². The molecule has 0 atom stereocenters. The maximum absolute atomic E-state index is 12.9. The molecule has 3 N–H and O–H groups in total. The lowest BCUT2D eigenvalue weighted by Crippen LogP contribution is -2.24. The molecule has 3 aromatic heterocycles. The number of imidazole rings is 1. The average Bonchev–Trinajstić information content (AvgIpc) is 3.17. The van der Waals surface area contributed by atoms with E-state index in [2.05, 4.69) is 20.3 Å². The van der Waals surface area contributed by atoms with Crippen LogP contribution in [0.4, 0.5) is 24.8 Å². The maximum atomic E-state index is 12.9. The second kappa shape index (κ2) is 8.70. The molecule has 0 bridgehead atoms. The molecule has 0 spiro atoms. The lowest BCUT2D eigenvalue weighted by atomic mass is 10.1. The van der Waals surface area contributed by atoms with Crippen molar-refractivity contribution >= 4 is 29.0 Å². The minimum absolute atomic E-state index is 0.174. The van der Waals surface area contributed by atoms with Crippen LogP contribution in [-0.2, 0) is 6.18 Å². The highest BCUT2D eigenvalue weighted by atomic mass is 19.4. The van der Waals surface area contributed by atoms with E-state index in [0.717, 1.165) is 18.3 Å². The molecule has 0 saturated heterocycles. The smallest absolute Gasteiger partial charge is 0.382 e. The van der Waals surface area contributed by atoms with Crippen molar-refractivity contribution in [2.24, 2.45) is 0 Å². The first-order chi connectivity index (χ1) is 16.5. The molecule has 0 fully saturated rings. The van der Waals surface area contributed by atoms with Crippen LogP contribution in [0.2, 0.25) is 0 Å². The fraction of sp³-hybridized carbons (Fsp3) is 0.174. The number of halogens is 3. The molecule has 3 heterocycles. The Hall–Kier alpha value is -4.48. The largest absolute Gasteiger partial charge is 0.416 e. The number of amides is 2. The van der Waals surface area contributed by atoms with Crippen LogP contribution in [0.3, 0.4) is 0 Å². The highest BCUT2D eigenvalue weighted by Crippen LogP contribution is 2.31. The number of nitrogens with two attached hydrogens (primary N) is 1. The molecule has 0 unspecified atom stereocenters. The summed E-state index contributed by atoms with van der Waals surface area (Å²) in [6.07, 6.45) is -2.19. The normalized spacial score (nSPS) is 11.5. The molecule has 0 radical (unpaired) electrons. The van der Waals surface area contributed by atoms with E-state index in [-0.39, 0.29) is 23.1 Å². The number of fused-ring (bicyclic) bond motifs is 1. The summed E-state index contributed by atoms with van der Waals surface area (Å²) in [5, 5.41) is 2.36. The van der Waals surface area contributed by atoms with E-state index >= 15 is 0 Å². The SMILES string of the molecule is Cc1nc(-c2ccc(C(=O)Nc3cc(C(F)(F)F)ccn3)cc2)c2c(N)ncc(C(=O)N(C)C)n12. The van der Waals surface area contributed by atoms with E-state index < -0.39 is 17.6 Å². The van der Waals surface area contributed by atoms with Gasteiger partial charge in [0.25, 0.3) is 11.8 Å². The minimum atomic E-state index is -4.55. The third-order valence-electron chi connectivity index (χ3n) is 5.23. The van der Waals surface area contributed by atoms with Crippen molar-refractivity contribution in [2.75, 3.05) is 25.1 Å². The Labute approximate surface area is 197 Å². The van der Waals surface area contributed by atoms with E-state index in [1.165, 1.54) is 23.2 Å². The van der Waals surface area contributed by atoms with Gasteiger partial charge in [0.2, 0.25) is 0 Å². The first-order valence-electron chi connectivity index (χ1n) is 10.3. The number of hydrogen-bond donors (Lipinski definition) is 2. The molecule has 4 rings (SSSR count). The summed E-state index contributed by atoms with van der Waals surface area (Å²) in [6.45, 7) is 1.73. The van der Waals surface area contributed by atoms with Crippen LogP contribution in [0.25, 0.3) is 16.8 Å². The Balaban J connectivity index is 1.66. The zero-order chi connectivity index (χ0) is 25.5. The number of pyridine rings is 1. The highest BCUT2D eigenvalue weighted by Gasteiger charge is 2.31. The Bertz CT molecular complexity index is 1440. The number of nitrogens with one attached hydrogen (secondary N) is 1. The molecule has 0 aliphatic heterocycles. The summed E-state index contributed by atoms with van der Waals surface area (Å²) < 4.78 is 40.3. The molecule has 9 nitrogen and oxygen atoms in total. The van der Waals surface area contributed by atoms with Gasteiger partial charge in [0.05, 0.1) is 11.8 Å². The summed E-state index contributed by atoms with van der Waals surface area (Å²) >= 11 is 0. The zero-order valence-corrected chi connectivity index (χ0v) is 18.9. The number of carbonyl (C=O) groups is 2. The van der Waals surface area contributed by atoms with E-state index in [1.807, 2.05) is 0 Å². The fourth-order valence-electron chi connectivity index (χ4n) is 3.54. The molecular formula is C23H20F3N7O2. The van der Waals surface area contributed by atoms with Crippen molar-refractivity contribution in [1.29, 1.82) is 0 Å². The van der Waals surface area contributed by atoms with Crippen LogP contribution in [-0.4, -0.2) is 50.2 Å². The van der Waals surface area contributed by atoms with Gasteiger partial charge in [-0.1, -0.05) is 12.1 Å². The topological polar surface area (TPSA) is 119 Å². The number of hydrogen-bond acceptors (Lipinski definition) is 6. The van der Waals surface area contributed by atoms with E-state index in [9.17, 15) is 22.8 Å². The molecule has 0 aliphatic rings. The standard InChI is InChI=1S/C23H20F3N7O2/c1-12-30-18(19-20(27)29-11-16(33(12)19)22(35)32(2)3)13-4-6-14(7-5-13)21(34)31-17-10-15(8-9-28-17)23(24,25)26/h4-11H,1-3H3,(H2,27,29)(H,28,31,34). The van der Waals surface area contributed by atoms with Crippen LogP contribution in [0.15, 0.2) is 48.8 Å². The predicted octanol–water partition coefficient (Wildman–Crippen LogP) is 3.65. The van der Waals surface area contributed by atoms with Gasteiger partial charge in [-0.25, -0.2) is 15.0 Å². The third-order valence-corrected chi connectivity index (χ3v) is 5.23. The number of aryl methyl sites for hydroxylation is 1. The van der Waals surface area contributed by atoms with E-state index in [1.54, 1.807) is 37.6 Å². The number of nitrogen functional groups attached to an aromatic ring is 1. The second-order valence-electron chi connectivity index (χ2n) is 7.88. The Morgan fingerprint density at radius 1 is 1.09 bits per heavy atom. The summed E-state index contributed by atoms with van der Waals surface area (Å²) in [6, 6.07) is 7.81. The van der Waals surface area contributed by atoms with Crippen molar-refractivity contribution in [3.8, 4) is 11.3 Å². The minimum Gasteiger partial charge on any atom is -0.382 e. The average molecular weight is 483 g/mol. The van der Waals surface area contributed by atoms with Crippen LogP contribution in [0.1, 0.15) is 32.2 Å². The number of anilines is 2. The van der Waals surface area contributed by atoms with Crippen molar-refractivity contribution in [2.45, 2.75) is 13.1 Å². The van der Waals surface area contributed by atoms with Crippen LogP contribution >= 0.6 is 0 Å². The van der Waals surface area contributed by atoms with Gasteiger partial charge < -0.3 is 16.0 Å². The van der Waals surface area contributed by atoms with Crippen LogP contribution in [0.5, 0.6) is 0 Å². The molecule has 35 heavy (non-hydrogen) atoms. The number of rotatable bonds is 4. The Kier molecular flexibility index (Phi) is 5.89. The fourth-order valence-corrected chi connectivity index (χ4v) is 3.54. The van der Waals surface area contributed by atoms with Gasteiger partial charge in [-0.2, -0.15) is 13.2 Å². The van der Waals surface area contributed by atoms with Crippen LogP contribution in [0, 0.1) is 6.92 Å². The van der Waals surface area contributed by atoms with Crippen molar-refractivity contribution in [3.05, 3.63) is 71.4 Å². The number of alkyl halides is 3. The van der Waals surface area contributed by atoms with Gasteiger partial charge in [-0.05, 0) is 31.2 Å². The summed E-state index contributed by atoms with van der Waals surface area (Å²) in [5.41, 5.74) is 7.20. The van der Waals surface area contributed by atoms with Crippen molar-refractivity contribution in [3.63, 3.8) is 0 Å². The highest BCUT2D eigenvalue weighted by molar-refractivity contribution is 6.04. The van der Waals surface area contributed by atoms with Gasteiger partial charge in [-0.15, -0.1) is 0 Å². The number of aromatic nitrogens is 4. The molecule has 12 heteroatoms. The Morgan fingerprint density at radius 3 is 2.40 bits per heavy atom. The Morgan fingerprint density at radius 2 is 1.77 bits per heavy atom. The maximum Gasteiger partial charge on any atom is 0.416 e. The molecule has 180 valence electrons. The monoisotopic (exact) mass is 483 g/mol. The molecule has 0 aliphatic carbocycles. The van der Waals surface area contributed by atoms with Crippen molar-refractivity contribution < 1.29 is 22.8 Å². The first kappa shape index (κ1) is 23.7. The summed E-state index contributed by atoms with van der Waals surface area (Å²) in [4.78, 5) is 39.0. The van der Waals surface area contributed by atoms with Gasteiger partial charge in [0.1, 0.15) is 34.4 Å². The number of benzene rings is 1. The zero-order valence-electron chi connectivity index (χ0n) is 18.9. The number of nitrogens with zero attached hydrogens (tertiary/aromatic N) is 5. The molecular weight excluding hydrogens is 463 g/mol. The third kappa shape index (κ3) is 4.50. The van der Waals surface area contributed by atoms with Crippen molar-refractivity contribution in [1.82, 2.24) is 24.3 Å². The van der Waals surface area contributed by atoms with E-state index in [4.69, 9.17) is 5.73 Å². The first-order valence-corrected chi connectivity index (χ1v) is 10.3. The summed E-state index contributed by atoms with van der Waals surface area (Å²) in [7, 11) is 3.24. The van der Waals surface area contributed by atoms with Gasteiger partial charge >= 0.3 is 6.18 Å². The second-order valence-corrected chi connectivity index (χ2v) is 7.88. The predicted molar refractivity (Wildman–Crippen MR) is 123 cm³/mol. The quantitative estimate of drug-likeness (QED) is 0.457. The van der Waals surface area contributed by atoms with Gasteiger partial charge in [0, 0.05) is 31.4 Å². The van der Waals surface area contributed by atoms with Crippen LogP contribution < -0.4 is 11.1 Å². The summed E-state index contributed by atoms with van der Waals surface area (Å²) in [5.74, 6) is -0.430. The molecule has 2 amide bonds.